The zero-order chi connectivity index (χ0) is 12.4. The van der Waals surface area contributed by atoms with Crippen molar-refractivity contribution in [3.63, 3.8) is 0 Å². The molecule has 18 heavy (non-hydrogen) atoms. The first-order valence-electron chi connectivity index (χ1n) is 6.31. The van der Waals surface area contributed by atoms with Crippen LogP contribution in [0.15, 0.2) is 24.7 Å². The fourth-order valence-corrected chi connectivity index (χ4v) is 2.30. The van der Waals surface area contributed by atoms with Crippen molar-refractivity contribution >= 4 is 5.82 Å². The lowest BCUT2D eigenvalue weighted by molar-refractivity contribution is 0.899. The predicted molar refractivity (Wildman–Crippen MR) is 70.4 cm³/mol. The zero-order valence-electron chi connectivity index (χ0n) is 10.5. The number of hydrogen-bond acceptors (Lipinski definition) is 4. The highest BCUT2D eigenvalue weighted by atomic mass is 15.0. The SMILES string of the molecule is Cc1ccc(CNc2ncnc3c2CCC3)cn1. The Labute approximate surface area is 107 Å². The van der Waals surface area contributed by atoms with E-state index >= 15 is 0 Å². The van der Waals surface area contributed by atoms with Crippen LogP contribution >= 0.6 is 0 Å². The molecule has 0 unspecified atom stereocenters. The van der Waals surface area contributed by atoms with Gasteiger partial charge in [0.25, 0.3) is 0 Å². The highest BCUT2D eigenvalue weighted by molar-refractivity contribution is 5.48. The van der Waals surface area contributed by atoms with E-state index in [4.69, 9.17) is 0 Å². The summed E-state index contributed by atoms with van der Waals surface area (Å²) in [6.45, 7) is 2.76. The van der Waals surface area contributed by atoms with E-state index in [1.165, 1.54) is 23.2 Å². The van der Waals surface area contributed by atoms with Crippen LogP contribution < -0.4 is 5.32 Å². The van der Waals surface area contributed by atoms with Crippen molar-refractivity contribution in [2.24, 2.45) is 0 Å². The molecule has 2 aromatic rings. The predicted octanol–water partition coefficient (Wildman–Crippen LogP) is 2.28. The maximum absolute atomic E-state index is 4.34. The Morgan fingerprint density at radius 1 is 1.17 bits per heavy atom. The number of nitrogens with zero attached hydrogens (tertiary/aromatic N) is 3. The third kappa shape index (κ3) is 2.18. The first-order valence-corrected chi connectivity index (χ1v) is 6.31. The Morgan fingerprint density at radius 3 is 2.94 bits per heavy atom. The van der Waals surface area contributed by atoms with Crippen LogP contribution in [0.1, 0.15) is 28.9 Å². The van der Waals surface area contributed by atoms with Crippen molar-refractivity contribution in [3.8, 4) is 0 Å². The Bertz CT molecular complexity index is 548. The van der Waals surface area contributed by atoms with Gasteiger partial charge in [0.2, 0.25) is 0 Å². The smallest absolute Gasteiger partial charge is 0.133 e. The minimum absolute atomic E-state index is 0.761. The van der Waals surface area contributed by atoms with Gasteiger partial charge in [0.05, 0.1) is 0 Å². The van der Waals surface area contributed by atoms with Crippen LogP contribution in [-0.4, -0.2) is 15.0 Å². The Balaban J connectivity index is 1.74. The number of hydrogen-bond donors (Lipinski definition) is 1. The number of aromatic nitrogens is 3. The zero-order valence-corrected chi connectivity index (χ0v) is 10.5. The molecule has 0 spiro atoms. The van der Waals surface area contributed by atoms with E-state index in [2.05, 4.69) is 26.3 Å². The fourth-order valence-electron chi connectivity index (χ4n) is 2.30. The summed E-state index contributed by atoms with van der Waals surface area (Å²) in [4.78, 5) is 13.0. The molecule has 0 saturated heterocycles. The van der Waals surface area contributed by atoms with Crippen molar-refractivity contribution in [1.82, 2.24) is 15.0 Å². The molecule has 0 bridgehead atoms. The standard InChI is InChI=1S/C14H16N4/c1-10-5-6-11(7-15-10)8-16-14-12-3-2-4-13(12)17-9-18-14/h5-7,9H,2-4,8H2,1H3,(H,16,17,18). The maximum Gasteiger partial charge on any atom is 0.133 e. The first-order chi connectivity index (χ1) is 8.83. The van der Waals surface area contributed by atoms with E-state index in [1.807, 2.05) is 19.2 Å². The van der Waals surface area contributed by atoms with Crippen LogP contribution in [0, 0.1) is 6.92 Å². The Kier molecular flexibility index (Phi) is 2.92. The lowest BCUT2D eigenvalue weighted by atomic mass is 10.2. The summed E-state index contributed by atoms with van der Waals surface area (Å²) in [7, 11) is 0. The van der Waals surface area contributed by atoms with Crippen molar-refractivity contribution in [2.45, 2.75) is 32.7 Å². The second-order valence-electron chi connectivity index (χ2n) is 4.66. The van der Waals surface area contributed by atoms with E-state index in [0.29, 0.717) is 0 Å². The van der Waals surface area contributed by atoms with Crippen LogP contribution in [0.25, 0.3) is 0 Å². The topological polar surface area (TPSA) is 50.7 Å². The van der Waals surface area contributed by atoms with Gasteiger partial charge in [-0.3, -0.25) is 4.98 Å². The molecule has 0 radical (unpaired) electrons. The molecular formula is C14H16N4. The van der Waals surface area contributed by atoms with Crippen molar-refractivity contribution < 1.29 is 0 Å². The lowest BCUT2D eigenvalue weighted by Crippen LogP contribution is -2.05. The van der Waals surface area contributed by atoms with Gasteiger partial charge in [0, 0.05) is 29.7 Å². The van der Waals surface area contributed by atoms with E-state index < -0.39 is 0 Å². The second kappa shape index (κ2) is 4.72. The molecule has 0 atom stereocenters. The molecule has 0 aliphatic heterocycles. The van der Waals surface area contributed by atoms with Crippen LogP contribution in [0.2, 0.25) is 0 Å². The third-order valence-corrected chi connectivity index (χ3v) is 3.31. The minimum Gasteiger partial charge on any atom is -0.366 e. The maximum atomic E-state index is 4.34. The average molecular weight is 240 g/mol. The van der Waals surface area contributed by atoms with Crippen LogP contribution in [-0.2, 0) is 19.4 Å². The lowest BCUT2D eigenvalue weighted by Gasteiger charge is -2.09. The normalized spacial score (nSPS) is 13.4. The molecule has 0 amide bonds. The summed E-state index contributed by atoms with van der Waals surface area (Å²) < 4.78 is 0. The van der Waals surface area contributed by atoms with Crippen molar-refractivity contribution in [2.75, 3.05) is 5.32 Å². The molecular weight excluding hydrogens is 224 g/mol. The number of nitrogens with one attached hydrogen (secondary N) is 1. The van der Waals surface area contributed by atoms with Crippen LogP contribution in [0.5, 0.6) is 0 Å². The molecule has 3 rings (SSSR count). The fraction of sp³-hybridized carbons (Fsp3) is 0.357. The molecule has 2 heterocycles. The molecule has 1 aliphatic carbocycles. The van der Waals surface area contributed by atoms with Crippen LogP contribution in [0.4, 0.5) is 5.82 Å². The Hall–Kier alpha value is -1.97. The van der Waals surface area contributed by atoms with Crippen molar-refractivity contribution in [1.29, 1.82) is 0 Å². The van der Waals surface area contributed by atoms with Gasteiger partial charge in [-0.25, -0.2) is 9.97 Å². The monoisotopic (exact) mass is 240 g/mol. The van der Waals surface area contributed by atoms with Gasteiger partial charge in [-0.05, 0) is 37.8 Å². The molecule has 0 aromatic carbocycles. The number of aryl methyl sites for hydroxylation is 2. The number of anilines is 1. The molecule has 92 valence electrons. The number of rotatable bonds is 3. The van der Waals surface area contributed by atoms with Gasteiger partial charge in [0.1, 0.15) is 12.1 Å². The number of pyridine rings is 1. The van der Waals surface area contributed by atoms with E-state index in [0.717, 1.165) is 30.9 Å². The summed E-state index contributed by atoms with van der Waals surface area (Å²) in [6.07, 6.45) is 6.92. The summed E-state index contributed by atoms with van der Waals surface area (Å²) in [5.74, 6) is 0.984. The largest absolute Gasteiger partial charge is 0.366 e. The minimum atomic E-state index is 0.761. The third-order valence-electron chi connectivity index (χ3n) is 3.31. The van der Waals surface area contributed by atoms with Gasteiger partial charge in [0.15, 0.2) is 0 Å². The molecule has 1 aliphatic rings. The van der Waals surface area contributed by atoms with Gasteiger partial charge in [-0.15, -0.1) is 0 Å². The molecule has 4 nitrogen and oxygen atoms in total. The van der Waals surface area contributed by atoms with E-state index in [-0.39, 0.29) is 0 Å². The van der Waals surface area contributed by atoms with Gasteiger partial charge >= 0.3 is 0 Å². The summed E-state index contributed by atoms with van der Waals surface area (Å²) in [6, 6.07) is 4.12. The van der Waals surface area contributed by atoms with Gasteiger partial charge in [-0.2, -0.15) is 0 Å². The highest BCUT2D eigenvalue weighted by Crippen LogP contribution is 2.25. The second-order valence-corrected chi connectivity index (χ2v) is 4.66. The summed E-state index contributed by atoms with van der Waals surface area (Å²) >= 11 is 0. The van der Waals surface area contributed by atoms with Gasteiger partial charge < -0.3 is 5.32 Å². The summed E-state index contributed by atoms with van der Waals surface area (Å²) in [5.41, 5.74) is 4.71. The molecule has 1 N–H and O–H groups in total. The molecule has 0 saturated carbocycles. The quantitative estimate of drug-likeness (QED) is 0.894. The van der Waals surface area contributed by atoms with Crippen LogP contribution in [0.3, 0.4) is 0 Å². The number of fused-ring (bicyclic) bond motifs is 1. The summed E-state index contributed by atoms with van der Waals surface area (Å²) in [5, 5.41) is 3.39. The molecule has 2 aromatic heterocycles. The average Bonchev–Trinajstić information content (AvgIpc) is 2.87. The van der Waals surface area contributed by atoms with Gasteiger partial charge in [-0.1, -0.05) is 6.07 Å². The molecule has 0 fully saturated rings. The van der Waals surface area contributed by atoms with E-state index in [1.54, 1.807) is 6.33 Å². The molecule has 4 heteroatoms. The first kappa shape index (κ1) is 11.1. The van der Waals surface area contributed by atoms with Crippen molar-refractivity contribution in [3.05, 3.63) is 47.2 Å². The van der Waals surface area contributed by atoms with E-state index in [9.17, 15) is 0 Å². The Morgan fingerprint density at radius 2 is 2.11 bits per heavy atom. The highest BCUT2D eigenvalue weighted by Gasteiger charge is 2.16.